The number of fused-ring (bicyclic) bond motifs is 1. The third kappa shape index (κ3) is 5.53. The summed E-state index contributed by atoms with van der Waals surface area (Å²) in [6, 6.07) is 6.75. The molecule has 0 fully saturated rings. The molecule has 1 aliphatic heterocycles. The molecule has 10 nitrogen and oxygen atoms in total. The maximum atomic E-state index is 13.2. The quantitative estimate of drug-likeness (QED) is 0.199. The fraction of sp³-hybridized carbons (Fsp3) is 0.318. The topological polar surface area (TPSA) is 109 Å². The number of hydrogen-bond acceptors (Lipinski definition) is 9. The predicted octanol–water partition coefficient (Wildman–Crippen LogP) is 3.49. The summed E-state index contributed by atoms with van der Waals surface area (Å²) in [6.07, 6.45) is -11.3. The van der Waals surface area contributed by atoms with Crippen molar-refractivity contribution in [2.24, 2.45) is 0 Å². The molecule has 4 rings (SSSR count). The van der Waals surface area contributed by atoms with Crippen molar-refractivity contribution in [3.05, 3.63) is 70.5 Å². The number of halogens is 6. The van der Waals surface area contributed by atoms with E-state index in [0.717, 1.165) is 0 Å². The molecule has 0 saturated heterocycles. The highest BCUT2D eigenvalue weighted by Crippen LogP contribution is 2.38. The molecule has 0 aliphatic carbocycles. The molecule has 0 spiro atoms. The Kier molecular flexibility index (Phi) is 7.01. The van der Waals surface area contributed by atoms with Gasteiger partial charge < -0.3 is 14.3 Å². The minimum Gasteiger partial charge on any atom is -0.489 e. The number of aromatic nitrogens is 4. The van der Waals surface area contributed by atoms with Gasteiger partial charge in [-0.2, -0.15) is 26.3 Å². The van der Waals surface area contributed by atoms with Crippen molar-refractivity contribution in [1.29, 1.82) is 0 Å². The number of esters is 1. The summed E-state index contributed by atoms with van der Waals surface area (Å²) in [4.78, 5) is 30.5. The van der Waals surface area contributed by atoms with Crippen LogP contribution in [-0.2, 0) is 33.3 Å². The smallest absolute Gasteiger partial charge is 0.443 e. The van der Waals surface area contributed by atoms with Crippen LogP contribution in [0.1, 0.15) is 47.3 Å². The molecule has 2 aromatic carbocycles. The van der Waals surface area contributed by atoms with Gasteiger partial charge in [0.05, 0.1) is 11.1 Å². The highest BCUT2D eigenvalue weighted by molar-refractivity contribution is 6.29. The monoisotopic (exact) mass is 545 g/mol. The summed E-state index contributed by atoms with van der Waals surface area (Å²) in [5, 5.41) is 10.6. The van der Waals surface area contributed by atoms with E-state index >= 15 is 0 Å². The summed E-state index contributed by atoms with van der Waals surface area (Å²) < 4.78 is 90.0. The van der Waals surface area contributed by atoms with Gasteiger partial charge in [0.25, 0.3) is 0 Å². The number of hydrogen-bond donors (Lipinski definition) is 0. The van der Waals surface area contributed by atoms with Gasteiger partial charge in [-0.3, -0.25) is 4.90 Å². The van der Waals surface area contributed by atoms with E-state index in [1.165, 1.54) is 18.0 Å². The van der Waals surface area contributed by atoms with Crippen LogP contribution in [0.15, 0.2) is 42.5 Å². The van der Waals surface area contributed by atoms with Crippen molar-refractivity contribution in [2.45, 2.75) is 38.2 Å². The molecule has 2 heterocycles. The minimum absolute atomic E-state index is 0.0323. The average Bonchev–Trinajstić information content (AvgIpc) is 3.27. The summed E-state index contributed by atoms with van der Waals surface area (Å²) in [5.41, 5.74) is -2.85. The Morgan fingerprint density at radius 1 is 1.03 bits per heavy atom. The molecule has 0 bridgehead atoms. The fourth-order valence-corrected chi connectivity index (χ4v) is 3.62. The van der Waals surface area contributed by atoms with Crippen molar-refractivity contribution in [1.82, 2.24) is 25.3 Å². The summed E-state index contributed by atoms with van der Waals surface area (Å²) >= 11 is 0. The normalized spacial score (nSPS) is 16.9. The third-order valence-corrected chi connectivity index (χ3v) is 5.63. The number of carbonyl (C=O) groups excluding carboxylic acids is 2. The number of cyclic esters (lactones) is 1. The average molecular weight is 545 g/mol. The Labute approximate surface area is 209 Å². The van der Waals surface area contributed by atoms with Crippen LogP contribution >= 0.6 is 0 Å². The summed E-state index contributed by atoms with van der Waals surface area (Å²) in [7, 11) is 1.50. The Hall–Kier alpha value is -4.21. The number of carbonyl (C=O) groups is 2. The van der Waals surface area contributed by atoms with Gasteiger partial charge in [-0.1, -0.05) is 18.2 Å². The Balaban J connectivity index is 1.60. The fourth-order valence-electron chi connectivity index (χ4n) is 3.62. The first-order valence-electron chi connectivity index (χ1n) is 10.7. The van der Waals surface area contributed by atoms with Crippen molar-refractivity contribution in [3.8, 4) is 5.75 Å². The maximum Gasteiger partial charge on any atom is 0.443 e. The second-order valence-electron chi connectivity index (χ2n) is 8.13. The molecule has 38 heavy (non-hydrogen) atoms. The lowest BCUT2D eigenvalue weighted by molar-refractivity contribution is -0.173. The number of rotatable bonds is 6. The van der Waals surface area contributed by atoms with Gasteiger partial charge in [-0.05, 0) is 59.1 Å². The number of nitrogens with zero attached hydrogens (tertiary/aromatic N) is 5. The molecular weight excluding hydrogens is 528 g/mol. The van der Waals surface area contributed by atoms with Gasteiger partial charge in [-0.15, -0.1) is 5.10 Å². The van der Waals surface area contributed by atoms with Crippen molar-refractivity contribution >= 4 is 11.9 Å². The van der Waals surface area contributed by atoms with E-state index in [1.54, 1.807) is 25.1 Å². The molecule has 3 aromatic rings. The zero-order chi connectivity index (χ0) is 27.8. The number of ether oxygens (including phenoxy) is 2. The molecule has 0 radical (unpaired) electrons. The van der Waals surface area contributed by atoms with Crippen LogP contribution in [0.3, 0.4) is 0 Å². The summed E-state index contributed by atoms with van der Waals surface area (Å²) in [6.45, 7) is 1.03. The molecule has 0 N–H and O–H groups in total. The van der Waals surface area contributed by atoms with E-state index in [2.05, 4.69) is 15.5 Å². The predicted molar refractivity (Wildman–Crippen MR) is 112 cm³/mol. The Morgan fingerprint density at radius 3 is 2.29 bits per heavy atom. The lowest BCUT2D eigenvalue weighted by Gasteiger charge is -2.31. The molecule has 0 amide bonds. The highest BCUT2D eigenvalue weighted by Gasteiger charge is 2.39. The van der Waals surface area contributed by atoms with E-state index in [0.29, 0.717) is 22.5 Å². The van der Waals surface area contributed by atoms with Gasteiger partial charge >= 0.3 is 24.3 Å². The van der Waals surface area contributed by atoms with E-state index in [4.69, 9.17) is 14.3 Å². The molecule has 202 valence electrons. The van der Waals surface area contributed by atoms with Crippen LogP contribution < -0.4 is 9.57 Å². The molecule has 1 unspecified atom stereocenters. The number of benzene rings is 2. The van der Waals surface area contributed by atoms with Crippen molar-refractivity contribution < 1.29 is 50.2 Å². The zero-order valence-corrected chi connectivity index (χ0v) is 19.4. The van der Waals surface area contributed by atoms with Gasteiger partial charge in [0.15, 0.2) is 0 Å². The molecular formula is C22H17F6N5O5. The van der Waals surface area contributed by atoms with Crippen LogP contribution in [-0.4, -0.2) is 44.3 Å². The molecule has 1 aromatic heterocycles. The van der Waals surface area contributed by atoms with Gasteiger partial charge in [0.1, 0.15) is 12.4 Å². The largest absolute Gasteiger partial charge is 0.489 e. The van der Waals surface area contributed by atoms with Crippen molar-refractivity contribution in [3.63, 3.8) is 0 Å². The minimum atomic E-state index is -5.00. The Bertz CT molecular complexity index is 1330. The molecule has 2 atom stereocenters. The second kappa shape index (κ2) is 9.92. The first-order chi connectivity index (χ1) is 17.8. The number of para-hydroxylation sites is 1. The Morgan fingerprint density at radius 2 is 1.66 bits per heavy atom. The van der Waals surface area contributed by atoms with Crippen LogP contribution in [0.4, 0.5) is 26.3 Å². The van der Waals surface area contributed by atoms with Crippen LogP contribution in [0.5, 0.6) is 5.75 Å². The first kappa shape index (κ1) is 26.8. The van der Waals surface area contributed by atoms with E-state index in [-0.39, 0.29) is 23.2 Å². The van der Waals surface area contributed by atoms with Crippen LogP contribution in [0, 0.1) is 0 Å². The molecule has 16 heteroatoms. The van der Waals surface area contributed by atoms with Crippen LogP contribution in [0.2, 0.25) is 0 Å². The van der Waals surface area contributed by atoms with E-state index < -0.39 is 54.3 Å². The lowest BCUT2D eigenvalue weighted by Crippen LogP contribution is -2.32. The number of tetrazole rings is 1. The maximum absolute atomic E-state index is 13.2. The highest BCUT2D eigenvalue weighted by atomic mass is 19.4. The van der Waals surface area contributed by atoms with Gasteiger partial charge in [0.2, 0.25) is 12.1 Å². The van der Waals surface area contributed by atoms with Crippen molar-refractivity contribution in [2.75, 3.05) is 7.05 Å². The molecule has 1 aliphatic rings. The lowest BCUT2D eigenvalue weighted by atomic mass is 10.0. The summed E-state index contributed by atoms with van der Waals surface area (Å²) in [5.74, 6) is -2.69. The van der Waals surface area contributed by atoms with Crippen LogP contribution in [0.25, 0.3) is 0 Å². The third-order valence-electron chi connectivity index (χ3n) is 5.63. The van der Waals surface area contributed by atoms with Gasteiger partial charge in [0, 0.05) is 11.6 Å². The SMILES string of the molecule is C[C@@H](c1ccccc1OCc1cc(C(F)(F)F)cc(C(F)(F)F)c1)N(C)C1OC(=O)C(=O)On2nnnc21. The van der Waals surface area contributed by atoms with E-state index in [9.17, 15) is 35.9 Å². The first-order valence-corrected chi connectivity index (χ1v) is 10.7. The standard InChI is InChI=1S/C22H17F6N5O5/c1-11(32(2)18-17-29-30-31-33(17)38-20(35)19(34)37-18)15-5-3-4-6-16(15)36-10-12-7-13(21(23,24)25)9-14(8-12)22(26,27)28/h3-9,11,18H,10H2,1-2H3/t11-,18?/m0/s1. The second-order valence-corrected chi connectivity index (χ2v) is 8.13. The molecule has 0 saturated carbocycles. The number of alkyl halides is 6. The zero-order valence-electron chi connectivity index (χ0n) is 19.4. The van der Waals surface area contributed by atoms with Gasteiger partial charge in [-0.25, -0.2) is 9.59 Å². The van der Waals surface area contributed by atoms with E-state index in [1.807, 2.05) is 0 Å².